The van der Waals surface area contributed by atoms with E-state index in [4.69, 9.17) is 0 Å². The molecule has 100 valence electrons. The first-order valence-corrected chi connectivity index (χ1v) is 7.42. The van der Waals surface area contributed by atoms with Crippen LogP contribution in [0, 0.1) is 5.82 Å². The zero-order valence-electron chi connectivity index (χ0n) is 10.8. The van der Waals surface area contributed by atoms with Gasteiger partial charge in [0, 0.05) is 17.1 Å². The summed E-state index contributed by atoms with van der Waals surface area (Å²) in [6, 6.07) is 5.58. The molecule has 0 bridgehead atoms. The summed E-state index contributed by atoms with van der Waals surface area (Å²) >= 11 is 3.28. The van der Waals surface area contributed by atoms with E-state index in [-0.39, 0.29) is 5.82 Å². The molecule has 1 aliphatic heterocycles. The first-order chi connectivity index (χ1) is 8.69. The first-order valence-electron chi connectivity index (χ1n) is 6.63. The highest BCUT2D eigenvalue weighted by Crippen LogP contribution is 2.22. The van der Waals surface area contributed by atoms with Crippen molar-refractivity contribution in [2.75, 3.05) is 25.0 Å². The smallest absolute Gasteiger partial charge is 0.147 e. The van der Waals surface area contributed by atoms with Gasteiger partial charge in [0.25, 0.3) is 0 Å². The number of benzene rings is 1. The second-order valence-corrected chi connectivity index (χ2v) is 5.75. The van der Waals surface area contributed by atoms with Crippen LogP contribution in [-0.2, 0) is 0 Å². The molecule has 1 atom stereocenters. The van der Waals surface area contributed by atoms with Crippen LogP contribution in [0.3, 0.4) is 0 Å². The number of nitrogens with one attached hydrogen (secondary N) is 1. The van der Waals surface area contributed by atoms with Gasteiger partial charge in [-0.1, -0.05) is 22.9 Å². The van der Waals surface area contributed by atoms with E-state index in [1.54, 1.807) is 0 Å². The van der Waals surface area contributed by atoms with Crippen molar-refractivity contribution in [3.05, 3.63) is 28.5 Å². The molecule has 18 heavy (non-hydrogen) atoms. The fourth-order valence-electron chi connectivity index (χ4n) is 2.44. The van der Waals surface area contributed by atoms with Gasteiger partial charge < -0.3 is 10.2 Å². The van der Waals surface area contributed by atoms with Crippen LogP contribution in [0.2, 0.25) is 0 Å². The molecule has 1 heterocycles. The molecule has 0 aliphatic carbocycles. The van der Waals surface area contributed by atoms with E-state index in [0.29, 0.717) is 11.7 Å². The van der Waals surface area contributed by atoms with Gasteiger partial charge in [-0.25, -0.2) is 4.39 Å². The quantitative estimate of drug-likeness (QED) is 0.911. The minimum absolute atomic E-state index is 0.180. The lowest BCUT2D eigenvalue weighted by Gasteiger charge is -2.19. The van der Waals surface area contributed by atoms with Crippen LogP contribution in [0.4, 0.5) is 10.1 Å². The highest BCUT2D eigenvalue weighted by molar-refractivity contribution is 9.10. The van der Waals surface area contributed by atoms with Crippen LogP contribution < -0.4 is 5.32 Å². The highest BCUT2D eigenvalue weighted by atomic mass is 79.9. The van der Waals surface area contributed by atoms with Crippen molar-refractivity contribution in [2.24, 2.45) is 0 Å². The highest BCUT2D eigenvalue weighted by Gasteiger charge is 2.16. The Labute approximate surface area is 117 Å². The minimum Gasteiger partial charge on any atom is -0.380 e. The summed E-state index contributed by atoms with van der Waals surface area (Å²) in [5.41, 5.74) is 0.619. The molecule has 0 aromatic heterocycles. The number of likely N-dealkylation sites (tertiary alicyclic amines) is 1. The van der Waals surface area contributed by atoms with Gasteiger partial charge in [0.2, 0.25) is 0 Å². The fraction of sp³-hybridized carbons (Fsp3) is 0.571. The molecule has 0 saturated carbocycles. The molecule has 1 saturated heterocycles. The van der Waals surface area contributed by atoms with Crippen molar-refractivity contribution in [3.8, 4) is 0 Å². The lowest BCUT2D eigenvalue weighted by molar-refractivity contribution is 0.300. The van der Waals surface area contributed by atoms with Gasteiger partial charge in [-0.15, -0.1) is 0 Å². The zero-order chi connectivity index (χ0) is 13.0. The Balaban J connectivity index is 1.96. The number of hydrogen-bond acceptors (Lipinski definition) is 2. The Morgan fingerprint density at radius 3 is 2.94 bits per heavy atom. The maximum absolute atomic E-state index is 13.7. The van der Waals surface area contributed by atoms with Gasteiger partial charge in [-0.3, -0.25) is 0 Å². The van der Waals surface area contributed by atoms with Gasteiger partial charge in [0.1, 0.15) is 5.82 Å². The van der Waals surface area contributed by atoms with Gasteiger partial charge >= 0.3 is 0 Å². The van der Waals surface area contributed by atoms with Crippen molar-refractivity contribution in [2.45, 2.75) is 32.2 Å². The second kappa shape index (κ2) is 6.53. The molecule has 1 N–H and O–H groups in total. The Morgan fingerprint density at radius 1 is 1.39 bits per heavy atom. The second-order valence-electron chi connectivity index (χ2n) is 4.83. The predicted octanol–water partition coefficient (Wildman–Crippen LogP) is 3.87. The largest absolute Gasteiger partial charge is 0.380 e. The Hall–Kier alpha value is -0.610. The molecule has 1 fully saturated rings. The van der Waals surface area contributed by atoms with E-state index in [2.05, 4.69) is 33.1 Å². The van der Waals surface area contributed by atoms with E-state index in [1.807, 2.05) is 12.1 Å². The molecule has 4 heteroatoms. The summed E-state index contributed by atoms with van der Waals surface area (Å²) < 4.78 is 14.5. The lowest BCUT2D eigenvalue weighted by Crippen LogP contribution is -2.26. The summed E-state index contributed by atoms with van der Waals surface area (Å²) in [7, 11) is 0. The monoisotopic (exact) mass is 314 g/mol. The van der Waals surface area contributed by atoms with Crippen molar-refractivity contribution in [3.63, 3.8) is 0 Å². The molecule has 1 aromatic carbocycles. The number of rotatable bonds is 3. The first kappa shape index (κ1) is 13.8. The Kier molecular flexibility index (Phi) is 5.01. The number of halogens is 2. The van der Waals surface area contributed by atoms with E-state index < -0.39 is 0 Å². The average Bonchev–Trinajstić information content (AvgIpc) is 2.58. The molecule has 1 aliphatic rings. The third-order valence-electron chi connectivity index (χ3n) is 3.56. The van der Waals surface area contributed by atoms with Crippen molar-refractivity contribution in [1.29, 1.82) is 0 Å². The number of hydrogen-bond donors (Lipinski definition) is 1. The van der Waals surface area contributed by atoms with Crippen LogP contribution >= 0.6 is 15.9 Å². The standard InChI is InChI=1S/C14H20BrFN2/c1-2-18-8-3-4-12(7-9-18)17-14-6-5-11(15)10-13(14)16/h5-6,10,12,17H,2-4,7-9H2,1H3. The normalized spacial score (nSPS) is 21.6. The van der Waals surface area contributed by atoms with Crippen LogP contribution in [0.25, 0.3) is 0 Å². The predicted molar refractivity (Wildman–Crippen MR) is 77.5 cm³/mol. The molecule has 1 unspecified atom stereocenters. The van der Waals surface area contributed by atoms with Crippen molar-refractivity contribution in [1.82, 2.24) is 4.90 Å². The van der Waals surface area contributed by atoms with E-state index >= 15 is 0 Å². The van der Waals surface area contributed by atoms with Gasteiger partial charge in [0.15, 0.2) is 0 Å². The Morgan fingerprint density at radius 2 is 2.22 bits per heavy atom. The van der Waals surface area contributed by atoms with Crippen LogP contribution in [-0.4, -0.2) is 30.6 Å². The van der Waals surface area contributed by atoms with Gasteiger partial charge in [-0.05, 0) is 50.6 Å². The average molecular weight is 315 g/mol. The Bertz CT molecular complexity index is 397. The molecule has 0 spiro atoms. The topological polar surface area (TPSA) is 15.3 Å². The molecule has 0 radical (unpaired) electrons. The number of nitrogens with zero attached hydrogens (tertiary/aromatic N) is 1. The van der Waals surface area contributed by atoms with Gasteiger partial charge in [0.05, 0.1) is 5.69 Å². The summed E-state index contributed by atoms with van der Waals surface area (Å²) in [4.78, 5) is 2.46. The molecular weight excluding hydrogens is 295 g/mol. The molecule has 2 nitrogen and oxygen atoms in total. The van der Waals surface area contributed by atoms with Crippen molar-refractivity contribution >= 4 is 21.6 Å². The van der Waals surface area contributed by atoms with E-state index in [1.165, 1.54) is 12.5 Å². The third-order valence-corrected chi connectivity index (χ3v) is 4.05. The van der Waals surface area contributed by atoms with Gasteiger partial charge in [-0.2, -0.15) is 0 Å². The minimum atomic E-state index is -0.180. The maximum atomic E-state index is 13.7. The SMILES string of the molecule is CCN1CCCC(Nc2ccc(Br)cc2F)CC1. The summed E-state index contributed by atoms with van der Waals surface area (Å²) in [5.74, 6) is -0.180. The van der Waals surface area contributed by atoms with Crippen LogP contribution in [0.5, 0.6) is 0 Å². The summed E-state index contributed by atoms with van der Waals surface area (Å²) in [6.45, 7) is 5.57. The molecule has 0 amide bonds. The van der Waals surface area contributed by atoms with E-state index in [0.717, 1.165) is 36.9 Å². The van der Waals surface area contributed by atoms with Crippen LogP contribution in [0.15, 0.2) is 22.7 Å². The molecular formula is C14H20BrFN2. The maximum Gasteiger partial charge on any atom is 0.147 e. The molecule has 1 aromatic rings. The molecule has 2 rings (SSSR count). The summed E-state index contributed by atoms with van der Waals surface area (Å²) in [5, 5.41) is 3.34. The number of anilines is 1. The third kappa shape index (κ3) is 3.69. The van der Waals surface area contributed by atoms with E-state index in [9.17, 15) is 4.39 Å². The fourth-order valence-corrected chi connectivity index (χ4v) is 2.78. The van der Waals surface area contributed by atoms with Crippen molar-refractivity contribution < 1.29 is 4.39 Å². The zero-order valence-corrected chi connectivity index (χ0v) is 12.3. The lowest BCUT2D eigenvalue weighted by atomic mass is 10.1. The van der Waals surface area contributed by atoms with Crippen LogP contribution in [0.1, 0.15) is 26.2 Å². The summed E-state index contributed by atoms with van der Waals surface area (Å²) in [6.07, 6.45) is 3.39.